The third-order valence-electron chi connectivity index (χ3n) is 3.63. The van der Waals surface area contributed by atoms with Gasteiger partial charge in [-0.1, -0.05) is 5.57 Å². The second kappa shape index (κ2) is 3.89. The molecule has 2 aliphatic rings. The van der Waals surface area contributed by atoms with Gasteiger partial charge in [0.25, 0.3) is 0 Å². The van der Waals surface area contributed by atoms with E-state index in [0.717, 1.165) is 38.0 Å². The zero-order valence-corrected chi connectivity index (χ0v) is 9.70. The van der Waals surface area contributed by atoms with Gasteiger partial charge in [-0.25, -0.2) is 0 Å². The first-order valence-electron chi connectivity index (χ1n) is 5.67. The fourth-order valence-corrected chi connectivity index (χ4v) is 2.95. The van der Waals surface area contributed by atoms with Gasteiger partial charge in [-0.2, -0.15) is 0 Å². The SMILES string of the molecule is C=C(C)CC1(O)CC2COCC(C1)N2C. The van der Waals surface area contributed by atoms with E-state index >= 15 is 0 Å². The van der Waals surface area contributed by atoms with Crippen LogP contribution >= 0.6 is 0 Å². The molecule has 2 rings (SSSR count). The zero-order chi connectivity index (χ0) is 11.1. The molecule has 15 heavy (non-hydrogen) atoms. The monoisotopic (exact) mass is 211 g/mol. The first-order chi connectivity index (χ1) is 7.00. The van der Waals surface area contributed by atoms with E-state index in [1.807, 2.05) is 6.92 Å². The predicted molar refractivity (Wildman–Crippen MR) is 59.8 cm³/mol. The fraction of sp³-hybridized carbons (Fsp3) is 0.833. The van der Waals surface area contributed by atoms with Crippen molar-refractivity contribution in [1.29, 1.82) is 0 Å². The molecule has 2 atom stereocenters. The average Bonchev–Trinajstić information content (AvgIpc) is 2.06. The van der Waals surface area contributed by atoms with Crippen LogP contribution in [-0.4, -0.2) is 48.0 Å². The van der Waals surface area contributed by atoms with Crippen molar-refractivity contribution < 1.29 is 9.84 Å². The van der Waals surface area contributed by atoms with Gasteiger partial charge in [-0.15, -0.1) is 6.58 Å². The maximum atomic E-state index is 10.5. The van der Waals surface area contributed by atoms with Gasteiger partial charge in [0.2, 0.25) is 0 Å². The highest BCUT2D eigenvalue weighted by Gasteiger charge is 2.44. The van der Waals surface area contributed by atoms with Gasteiger partial charge in [0, 0.05) is 12.1 Å². The van der Waals surface area contributed by atoms with E-state index < -0.39 is 5.60 Å². The van der Waals surface area contributed by atoms with Crippen LogP contribution in [0.15, 0.2) is 12.2 Å². The molecule has 0 saturated carbocycles. The number of rotatable bonds is 2. The molecular formula is C12H21NO2. The maximum Gasteiger partial charge on any atom is 0.0716 e. The molecule has 0 radical (unpaired) electrons. The predicted octanol–water partition coefficient (Wildman–Crippen LogP) is 1.18. The van der Waals surface area contributed by atoms with Crippen molar-refractivity contribution in [1.82, 2.24) is 4.90 Å². The summed E-state index contributed by atoms with van der Waals surface area (Å²) in [5.41, 5.74) is 0.526. The van der Waals surface area contributed by atoms with E-state index in [1.165, 1.54) is 0 Å². The second-order valence-corrected chi connectivity index (χ2v) is 5.28. The van der Waals surface area contributed by atoms with Crippen LogP contribution in [0.3, 0.4) is 0 Å². The number of likely N-dealkylation sites (N-methyl/N-ethyl adjacent to an activating group) is 1. The quantitative estimate of drug-likeness (QED) is 0.696. The summed E-state index contributed by atoms with van der Waals surface area (Å²) >= 11 is 0. The molecule has 2 heterocycles. The largest absolute Gasteiger partial charge is 0.389 e. The molecule has 2 bridgehead atoms. The highest BCUT2D eigenvalue weighted by atomic mass is 16.5. The van der Waals surface area contributed by atoms with Crippen LogP contribution in [0.5, 0.6) is 0 Å². The first-order valence-corrected chi connectivity index (χ1v) is 5.67. The summed E-state index contributed by atoms with van der Waals surface area (Å²) in [6.07, 6.45) is 2.35. The van der Waals surface area contributed by atoms with E-state index in [4.69, 9.17) is 4.74 Å². The van der Waals surface area contributed by atoms with Crippen LogP contribution in [0.25, 0.3) is 0 Å². The fourth-order valence-electron chi connectivity index (χ4n) is 2.95. The topological polar surface area (TPSA) is 32.7 Å². The smallest absolute Gasteiger partial charge is 0.0716 e. The molecule has 2 saturated heterocycles. The number of piperidine rings is 1. The van der Waals surface area contributed by atoms with Crippen molar-refractivity contribution in [2.75, 3.05) is 20.3 Å². The van der Waals surface area contributed by atoms with Gasteiger partial charge in [0.1, 0.15) is 0 Å². The number of hydrogen-bond acceptors (Lipinski definition) is 3. The van der Waals surface area contributed by atoms with Crippen LogP contribution in [0.2, 0.25) is 0 Å². The summed E-state index contributed by atoms with van der Waals surface area (Å²) in [5.74, 6) is 0. The van der Waals surface area contributed by atoms with Gasteiger partial charge >= 0.3 is 0 Å². The van der Waals surface area contributed by atoms with Crippen molar-refractivity contribution >= 4 is 0 Å². The normalized spacial score (nSPS) is 41.5. The van der Waals surface area contributed by atoms with Crippen molar-refractivity contribution in [3.05, 3.63) is 12.2 Å². The maximum absolute atomic E-state index is 10.5. The van der Waals surface area contributed by atoms with Gasteiger partial charge < -0.3 is 9.84 Å². The highest BCUT2D eigenvalue weighted by molar-refractivity contribution is 5.05. The molecule has 2 fully saturated rings. The Kier molecular flexibility index (Phi) is 2.88. The molecule has 0 spiro atoms. The molecule has 0 aromatic carbocycles. The summed E-state index contributed by atoms with van der Waals surface area (Å²) < 4.78 is 5.53. The van der Waals surface area contributed by atoms with Crippen molar-refractivity contribution in [2.45, 2.75) is 43.9 Å². The minimum Gasteiger partial charge on any atom is -0.389 e. The van der Waals surface area contributed by atoms with E-state index in [-0.39, 0.29) is 0 Å². The van der Waals surface area contributed by atoms with Crippen molar-refractivity contribution in [3.8, 4) is 0 Å². The average molecular weight is 211 g/mol. The molecule has 0 amide bonds. The van der Waals surface area contributed by atoms with Crippen molar-refractivity contribution in [3.63, 3.8) is 0 Å². The molecule has 3 heteroatoms. The Balaban J connectivity index is 2.09. The number of morpholine rings is 1. The van der Waals surface area contributed by atoms with Gasteiger partial charge in [-0.05, 0) is 33.2 Å². The lowest BCUT2D eigenvalue weighted by Gasteiger charge is -2.50. The molecule has 2 aliphatic heterocycles. The second-order valence-electron chi connectivity index (χ2n) is 5.28. The van der Waals surface area contributed by atoms with Gasteiger partial charge in [0.05, 0.1) is 18.8 Å². The number of ether oxygens (including phenoxy) is 1. The lowest BCUT2D eigenvalue weighted by atomic mass is 9.78. The molecule has 3 nitrogen and oxygen atoms in total. The van der Waals surface area contributed by atoms with Crippen LogP contribution in [0.4, 0.5) is 0 Å². The van der Waals surface area contributed by atoms with Gasteiger partial charge in [-0.3, -0.25) is 4.90 Å². The van der Waals surface area contributed by atoms with E-state index in [0.29, 0.717) is 12.1 Å². The molecule has 1 N–H and O–H groups in total. The lowest BCUT2D eigenvalue weighted by Crippen LogP contribution is -2.60. The third-order valence-corrected chi connectivity index (χ3v) is 3.63. The molecule has 0 aliphatic carbocycles. The molecule has 0 aromatic rings. The van der Waals surface area contributed by atoms with E-state index in [1.54, 1.807) is 0 Å². The lowest BCUT2D eigenvalue weighted by molar-refractivity contribution is -0.133. The Bertz CT molecular complexity index is 250. The number of hydrogen-bond donors (Lipinski definition) is 1. The molecule has 0 aromatic heterocycles. The minimum absolute atomic E-state index is 0.377. The number of aliphatic hydroxyl groups is 1. The Labute approximate surface area is 91.7 Å². The molecule has 2 unspecified atom stereocenters. The van der Waals surface area contributed by atoms with Crippen molar-refractivity contribution in [2.24, 2.45) is 0 Å². The molecule has 86 valence electrons. The van der Waals surface area contributed by atoms with Gasteiger partial charge in [0.15, 0.2) is 0 Å². The zero-order valence-electron chi connectivity index (χ0n) is 9.70. The standard InChI is InChI=1S/C12H21NO2/c1-9(2)4-12(14)5-10-7-15-8-11(6-12)13(10)3/h10-11,14H,1,4-8H2,2-3H3. The Morgan fingerprint density at radius 2 is 2.00 bits per heavy atom. The molecular weight excluding hydrogens is 190 g/mol. The summed E-state index contributed by atoms with van der Waals surface area (Å²) in [6, 6.07) is 0.753. The number of fused-ring (bicyclic) bond motifs is 2. The van der Waals surface area contributed by atoms with Crippen LogP contribution in [0.1, 0.15) is 26.2 Å². The van der Waals surface area contributed by atoms with Crippen LogP contribution in [-0.2, 0) is 4.74 Å². The summed E-state index contributed by atoms with van der Waals surface area (Å²) in [4.78, 5) is 2.36. The summed E-state index contributed by atoms with van der Waals surface area (Å²) in [7, 11) is 2.14. The summed E-state index contributed by atoms with van der Waals surface area (Å²) in [5, 5.41) is 10.5. The summed E-state index contributed by atoms with van der Waals surface area (Å²) in [6.45, 7) is 7.40. The number of nitrogens with zero attached hydrogens (tertiary/aromatic N) is 1. The minimum atomic E-state index is -0.544. The third kappa shape index (κ3) is 2.25. The van der Waals surface area contributed by atoms with Crippen LogP contribution < -0.4 is 0 Å². The Hall–Kier alpha value is -0.380. The Morgan fingerprint density at radius 3 is 2.47 bits per heavy atom. The Morgan fingerprint density at radius 1 is 1.47 bits per heavy atom. The van der Waals surface area contributed by atoms with E-state index in [9.17, 15) is 5.11 Å². The highest BCUT2D eigenvalue weighted by Crippen LogP contribution is 2.36. The first kappa shape index (κ1) is 11.1. The van der Waals surface area contributed by atoms with Crippen LogP contribution in [0, 0.1) is 0 Å². The van der Waals surface area contributed by atoms with E-state index in [2.05, 4.69) is 18.5 Å².